The fourth-order valence-corrected chi connectivity index (χ4v) is 4.50. The van der Waals surface area contributed by atoms with Gasteiger partial charge in [-0.2, -0.15) is 16.8 Å². The van der Waals surface area contributed by atoms with E-state index >= 15 is 0 Å². The highest BCUT2D eigenvalue weighted by Crippen LogP contribution is 2.22. The van der Waals surface area contributed by atoms with Crippen LogP contribution in [0.2, 0.25) is 0 Å². The second-order valence-electron chi connectivity index (χ2n) is 6.70. The zero-order chi connectivity index (χ0) is 24.9. The van der Waals surface area contributed by atoms with Gasteiger partial charge in [0.25, 0.3) is 31.6 Å². The summed E-state index contributed by atoms with van der Waals surface area (Å²) in [6.45, 7) is -0.896. The first-order valence-electron chi connectivity index (χ1n) is 9.34. The Labute approximate surface area is 193 Å². The molecule has 0 saturated heterocycles. The number of rotatable bonds is 10. The number of nitrogens with zero attached hydrogens (tertiary/aromatic N) is 2. The minimum absolute atomic E-state index is 0.282. The highest BCUT2D eigenvalue weighted by molar-refractivity contribution is 7.87. The number of hydrogen-bond acceptors (Lipinski definition) is 10. The number of nitro groups is 2. The molecule has 0 bridgehead atoms. The van der Waals surface area contributed by atoms with Crippen LogP contribution in [0, 0.1) is 20.2 Å². The third-order valence-electron chi connectivity index (χ3n) is 4.53. The molecule has 0 amide bonds. The molecule has 178 valence electrons. The van der Waals surface area contributed by atoms with E-state index in [9.17, 15) is 37.1 Å². The van der Waals surface area contributed by atoms with Gasteiger partial charge in [0, 0.05) is 24.3 Å². The van der Waals surface area contributed by atoms with Crippen molar-refractivity contribution in [3.8, 4) is 0 Å². The maximum absolute atomic E-state index is 12.4. The maximum atomic E-state index is 12.4. The molecule has 0 unspecified atom stereocenters. The summed E-state index contributed by atoms with van der Waals surface area (Å²) in [7, 11) is -8.50. The van der Waals surface area contributed by atoms with Gasteiger partial charge >= 0.3 is 0 Å². The number of non-ortho nitro benzene ring substituents is 2. The van der Waals surface area contributed by atoms with Gasteiger partial charge < -0.3 is 0 Å². The predicted octanol–water partition coefficient (Wildman–Crippen LogP) is 3.31. The molecule has 0 radical (unpaired) electrons. The molecule has 0 saturated carbocycles. The van der Waals surface area contributed by atoms with E-state index in [2.05, 4.69) is 0 Å². The molecule has 0 atom stereocenters. The molecule has 0 N–H and O–H groups in total. The lowest BCUT2D eigenvalue weighted by Gasteiger charge is -2.11. The van der Waals surface area contributed by atoms with Crippen molar-refractivity contribution in [1.82, 2.24) is 0 Å². The van der Waals surface area contributed by atoms with Crippen LogP contribution in [0.3, 0.4) is 0 Å². The normalized spacial score (nSPS) is 11.8. The van der Waals surface area contributed by atoms with Crippen molar-refractivity contribution in [3.63, 3.8) is 0 Å². The van der Waals surface area contributed by atoms with Crippen LogP contribution < -0.4 is 0 Å². The quantitative estimate of drug-likeness (QED) is 0.224. The average molecular weight is 508 g/mol. The smallest absolute Gasteiger partial charge is 0.262 e. The molecule has 14 heteroatoms. The van der Waals surface area contributed by atoms with E-state index < -0.39 is 43.3 Å². The van der Waals surface area contributed by atoms with Gasteiger partial charge in [-0.15, -0.1) is 0 Å². The molecule has 0 aliphatic carbocycles. The van der Waals surface area contributed by atoms with Gasteiger partial charge in [0.2, 0.25) is 0 Å². The van der Waals surface area contributed by atoms with Crippen LogP contribution in [0.5, 0.6) is 0 Å². The Bertz CT molecular complexity index is 1310. The number of hydrogen-bond donors (Lipinski definition) is 0. The Hall–Kier alpha value is -3.72. The minimum atomic E-state index is -4.25. The topological polar surface area (TPSA) is 173 Å². The van der Waals surface area contributed by atoms with Crippen molar-refractivity contribution in [2.75, 3.05) is 0 Å². The van der Waals surface area contributed by atoms with E-state index in [1.165, 1.54) is 12.1 Å². The molecule has 0 heterocycles. The summed E-state index contributed by atoms with van der Waals surface area (Å²) in [6.07, 6.45) is 0. The third kappa shape index (κ3) is 5.99. The largest absolute Gasteiger partial charge is 0.297 e. The average Bonchev–Trinajstić information content (AvgIpc) is 2.82. The molecule has 0 aliphatic heterocycles. The van der Waals surface area contributed by atoms with Gasteiger partial charge in [-0.1, -0.05) is 24.3 Å². The van der Waals surface area contributed by atoms with Gasteiger partial charge in [-0.25, -0.2) is 0 Å². The van der Waals surface area contributed by atoms with E-state index in [4.69, 9.17) is 8.37 Å². The molecule has 3 aromatic rings. The summed E-state index contributed by atoms with van der Waals surface area (Å²) in [6, 6.07) is 14.5. The van der Waals surface area contributed by atoms with Crippen LogP contribution in [0.15, 0.2) is 82.6 Å². The third-order valence-corrected chi connectivity index (χ3v) is 7.09. The molecular formula is C20H16N2O10S2. The first kappa shape index (κ1) is 24.9. The number of benzene rings is 3. The molecule has 34 heavy (non-hydrogen) atoms. The SMILES string of the molecule is O=[N+]([O-])c1ccc(S(=O)(=O)OCc2ccccc2COS(=O)(=O)c2ccc([N+](=O)[O-])cc2)cc1. The van der Waals surface area contributed by atoms with Crippen LogP contribution in [0.4, 0.5) is 11.4 Å². The number of nitro benzene ring substituents is 2. The van der Waals surface area contributed by atoms with Crippen molar-refractivity contribution < 1.29 is 35.0 Å². The molecule has 12 nitrogen and oxygen atoms in total. The van der Waals surface area contributed by atoms with Crippen LogP contribution in [-0.2, 0) is 41.8 Å². The Morgan fingerprint density at radius 1 is 0.588 bits per heavy atom. The molecule has 3 aromatic carbocycles. The summed E-state index contributed by atoms with van der Waals surface area (Å²) in [5, 5.41) is 21.4. The lowest BCUT2D eigenvalue weighted by atomic mass is 10.1. The predicted molar refractivity (Wildman–Crippen MR) is 117 cm³/mol. The molecular weight excluding hydrogens is 492 g/mol. The monoisotopic (exact) mass is 508 g/mol. The molecule has 0 fully saturated rings. The Morgan fingerprint density at radius 3 is 1.21 bits per heavy atom. The Balaban J connectivity index is 1.71. The van der Waals surface area contributed by atoms with Crippen molar-refractivity contribution >= 4 is 31.6 Å². The summed E-state index contributed by atoms with van der Waals surface area (Å²) in [4.78, 5) is 19.5. The van der Waals surface area contributed by atoms with Gasteiger partial charge in [-0.3, -0.25) is 28.6 Å². The van der Waals surface area contributed by atoms with Crippen LogP contribution in [0.25, 0.3) is 0 Å². The van der Waals surface area contributed by atoms with Crippen LogP contribution >= 0.6 is 0 Å². The second kappa shape index (κ2) is 10.0. The molecule has 0 aliphatic rings. The maximum Gasteiger partial charge on any atom is 0.297 e. The lowest BCUT2D eigenvalue weighted by Crippen LogP contribution is -2.10. The fraction of sp³-hybridized carbons (Fsp3) is 0.100. The van der Waals surface area contributed by atoms with Crippen molar-refractivity contribution in [3.05, 3.63) is 104 Å². The van der Waals surface area contributed by atoms with E-state index in [0.29, 0.717) is 11.1 Å². The Kier molecular flexibility index (Phi) is 7.36. The Morgan fingerprint density at radius 2 is 0.912 bits per heavy atom. The molecule has 0 aromatic heterocycles. The van der Waals surface area contributed by atoms with E-state index in [1.807, 2.05) is 0 Å². The fourth-order valence-electron chi connectivity index (χ4n) is 2.73. The van der Waals surface area contributed by atoms with Crippen LogP contribution in [-0.4, -0.2) is 26.7 Å². The second-order valence-corrected chi connectivity index (χ2v) is 9.93. The van der Waals surface area contributed by atoms with E-state index in [0.717, 1.165) is 48.5 Å². The zero-order valence-corrected chi connectivity index (χ0v) is 18.8. The van der Waals surface area contributed by atoms with E-state index in [1.54, 1.807) is 12.1 Å². The highest BCUT2D eigenvalue weighted by Gasteiger charge is 2.20. The highest BCUT2D eigenvalue weighted by atomic mass is 32.2. The minimum Gasteiger partial charge on any atom is -0.262 e. The summed E-state index contributed by atoms with van der Waals surface area (Å²) in [5.74, 6) is 0. The summed E-state index contributed by atoms with van der Waals surface area (Å²) < 4.78 is 59.7. The van der Waals surface area contributed by atoms with Crippen molar-refractivity contribution in [2.24, 2.45) is 0 Å². The first-order valence-corrected chi connectivity index (χ1v) is 12.2. The van der Waals surface area contributed by atoms with Gasteiger partial charge in [0.1, 0.15) is 0 Å². The summed E-state index contributed by atoms with van der Waals surface area (Å²) in [5.41, 5.74) is 0.0881. The van der Waals surface area contributed by atoms with Crippen molar-refractivity contribution in [2.45, 2.75) is 23.0 Å². The first-order chi connectivity index (χ1) is 16.0. The van der Waals surface area contributed by atoms with Gasteiger partial charge in [-0.05, 0) is 35.4 Å². The van der Waals surface area contributed by atoms with Crippen LogP contribution in [0.1, 0.15) is 11.1 Å². The van der Waals surface area contributed by atoms with Gasteiger partial charge in [0.05, 0.1) is 32.9 Å². The lowest BCUT2D eigenvalue weighted by molar-refractivity contribution is -0.385. The molecule has 3 rings (SSSR count). The zero-order valence-electron chi connectivity index (χ0n) is 17.1. The van der Waals surface area contributed by atoms with Crippen molar-refractivity contribution in [1.29, 1.82) is 0 Å². The van der Waals surface area contributed by atoms with E-state index in [-0.39, 0.29) is 21.2 Å². The summed E-state index contributed by atoms with van der Waals surface area (Å²) >= 11 is 0. The van der Waals surface area contributed by atoms with Gasteiger partial charge in [0.15, 0.2) is 0 Å². The standard InChI is InChI=1S/C20H16N2O10S2/c23-21(24)17-5-9-19(10-6-17)33(27,28)31-13-15-3-1-2-4-16(15)14-32-34(29,30)20-11-7-18(8-12-20)22(25)26/h1-12H,13-14H2. The molecule has 0 spiro atoms.